The van der Waals surface area contributed by atoms with Gasteiger partial charge in [-0.25, -0.2) is 8.91 Å². The van der Waals surface area contributed by atoms with Gasteiger partial charge in [0.2, 0.25) is 0 Å². The molecule has 4 nitrogen and oxygen atoms in total. The van der Waals surface area contributed by atoms with Gasteiger partial charge < -0.3 is 9.30 Å². The average Bonchev–Trinajstić information content (AvgIpc) is 3.11. The summed E-state index contributed by atoms with van der Waals surface area (Å²) in [6.07, 6.45) is 5.32. The van der Waals surface area contributed by atoms with Gasteiger partial charge in [0.1, 0.15) is 23.8 Å². The predicted octanol–water partition coefficient (Wildman–Crippen LogP) is 4.86. The lowest BCUT2D eigenvalue weighted by Gasteiger charge is -2.08. The quantitative estimate of drug-likeness (QED) is 0.520. The molecule has 5 rings (SSSR count). The maximum atomic E-state index is 13.3. The van der Waals surface area contributed by atoms with E-state index >= 15 is 0 Å². The first-order valence-electron chi connectivity index (χ1n) is 9.33. The van der Waals surface area contributed by atoms with Crippen LogP contribution in [0.2, 0.25) is 0 Å². The van der Waals surface area contributed by atoms with E-state index in [-0.39, 0.29) is 5.82 Å². The van der Waals surface area contributed by atoms with Crippen LogP contribution >= 0.6 is 0 Å². The highest BCUT2D eigenvalue weighted by molar-refractivity contribution is 5.75. The van der Waals surface area contributed by atoms with Crippen LogP contribution in [0.15, 0.2) is 60.8 Å². The first-order valence-corrected chi connectivity index (χ1v) is 9.33. The highest BCUT2D eigenvalue weighted by Crippen LogP contribution is 2.33. The fourth-order valence-electron chi connectivity index (χ4n) is 3.89. The lowest BCUT2D eigenvalue weighted by atomic mass is 10.0. The maximum absolute atomic E-state index is 13.3. The molecule has 0 aliphatic carbocycles. The third-order valence-electron chi connectivity index (χ3n) is 5.18. The molecule has 0 unspecified atom stereocenters. The summed E-state index contributed by atoms with van der Waals surface area (Å²) in [6.45, 7) is 1.38. The van der Waals surface area contributed by atoms with E-state index < -0.39 is 0 Å². The molecule has 2 aromatic carbocycles. The second kappa shape index (κ2) is 6.58. The summed E-state index contributed by atoms with van der Waals surface area (Å²) in [4.78, 5) is 0. The normalized spacial score (nSPS) is 13.7. The molecule has 5 heteroatoms. The van der Waals surface area contributed by atoms with Crippen LogP contribution in [0.3, 0.4) is 0 Å². The Labute approximate surface area is 156 Å². The Morgan fingerprint density at radius 3 is 2.63 bits per heavy atom. The number of aromatic nitrogens is 3. The minimum atomic E-state index is -0.212. The third-order valence-corrected chi connectivity index (χ3v) is 5.18. The van der Waals surface area contributed by atoms with E-state index in [1.807, 2.05) is 47.0 Å². The number of para-hydroxylation sites is 1. The van der Waals surface area contributed by atoms with Gasteiger partial charge in [0.15, 0.2) is 5.82 Å². The zero-order chi connectivity index (χ0) is 18.2. The molecule has 0 fully saturated rings. The SMILES string of the molecule is Fc1ccc(-c2cn3nc(COc4ccccc4)n4c3c2CCCC4)cc1. The number of rotatable bonds is 4. The number of aryl methyl sites for hydroxylation is 2. The van der Waals surface area contributed by atoms with Crippen LogP contribution in [0.1, 0.15) is 24.2 Å². The molecule has 0 radical (unpaired) electrons. The molecule has 27 heavy (non-hydrogen) atoms. The van der Waals surface area contributed by atoms with Crippen LogP contribution in [-0.4, -0.2) is 14.2 Å². The van der Waals surface area contributed by atoms with E-state index in [0.717, 1.165) is 54.2 Å². The molecule has 0 spiro atoms. The van der Waals surface area contributed by atoms with Crippen molar-refractivity contribution in [1.82, 2.24) is 14.2 Å². The standard InChI is InChI=1S/C22H20FN3O/c23-17-11-9-16(10-12-17)20-14-26-22-19(20)8-4-5-13-25(22)21(24-26)15-27-18-6-2-1-3-7-18/h1-3,6-7,9-12,14H,4-5,8,13,15H2. The van der Waals surface area contributed by atoms with Crippen LogP contribution < -0.4 is 4.74 Å². The summed E-state index contributed by atoms with van der Waals surface area (Å²) >= 11 is 0. The number of ether oxygens (including phenoxy) is 1. The van der Waals surface area contributed by atoms with Crippen molar-refractivity contribution in [2.24, 2.45) is 0 Å². The van der Waals surface area contributed by atoms with Crippen molar-refractivity contribution < 1.29 is 9.13 Å². The molecule has 1 aliphatic heterocycles. The lowest BCUT2D eigenvalue weighted by molar-refractivity contribution is 0.288. The largest absolute Gasteiger partial charge is 0.486 e. The molecule has 1 aliphatic rings. The van der Waals surface area contributed by atoms with Gasteiger partial charge in [-0.05, 0) is 49.1 Å². The fraction of sp³-hybridized carbons (Fsp3) is 0.227. The van der Waals surface area contributed by atoms with E-state index in [2.05, 4.69) is 10.8 Å². The smallest absolute Gasteiger partial charge is 0.169 e. The van der Waals surface area contributed by atoms with Crippen molar-refractivity contribution in [2.45, 2.75) is 32.4 Å². The van der Waals surface area contributed by atoms with Gasteiger partial charge >= 0.3 is 0 Å². The first-order chi connectivity index (χ1) is 13.3. The molecule has 0 N–H and O–H groups in total. The molecule has 0 bridgehead atoms. The second-order valence-electron chi connectivity index (χ2n) is 6.92. The minimum absolute atomic E-state index is 0.212. The number of halogens is 1. The van der Waals surface area contributed by atoms with Crippen LogP contribution in [0, 0.1) is 5.82 Å². The van der Waals surface area contributed by atoms with Crippen molar-refractivity contribution in [1.29, 1.82) is 0 Å². The summed E-state index contributed by atoms with van der Waals surface area (Å²) in [7, 11) is 0. The molecule has 3 heterocycles. The summed E-state index contributed by atoms with van der Waals surface area (Å²) in [5.41, 5.74) is 4.60. The summed E-state index contributed by atoms with van der Waals surface area (Å²) in [6, 6.07) is 16.5. The third kappa shape index (κ3) is 2.89. The average molecular weight is 361 g/mol. The molecular formula is C22H20FN3O. The monoisotopic (exact) mass is 361 g/mol. The van der Waals surface area contributed by atoms with Gasteiger partial charge in [0.25, 0.3) is 0 Å². The Balaban J connectivity index is 1.54. The lowest BCUT2D eigenvalue weighted by Crippen LogP contribution is -2.07. The Hall–Kier alpha value is -3.08. The maximum Gasteiger partial charge on any atom is 0.169 e. The fourth-order valence-corrected chi connectivity index (χ4v) is 3.89. The Morgan fingerprint density at radius 2 is 1.81 bits per heavy atom. The van der Waals surface area contributed by atoms with Crippen molar-refractivity contribution in [3.8, 4) is 16.9 Å². The van der Waals surface area contributed by atoms with Gasteiger partial charge in [-0.1, -0.05) is 30.3 Å². The zero-order valence-corrected chi connectivity index (χ0v) is 14.9. The van der Waals surface area contributed by atoms with Gasteiger partial charge in [-0.3, -0.25) is 0 Å². The molecule has 0 saturated heterocycles. The van der Waals surface area contributed by atoms with Crippen molar-refractivity contribution in [3.05, 3.63) is 78.0 Å². The molecule has 0 saturated carbocycles. The molecule has 136 valence electrons. The van der Waals surface area contributed by atoms with Gasteiger partial charge in [-0.15, -0.1) is 5.10 Å². The zero-order valence-electron chi connectivity index (χ0n) is 14.9. The second-order valence-corrected chi connectivity index (χ2v) is 6.92. The first kappa shape index (κ1) is 16.1. The van der Waals surface area contributed by atoms with E-state index in [0.29, 0.717) is 6.61 Å². The van der Waals surface area contributed by atoms with E-state index in [9.17, 15) is 4.39 Å². The van der Waals surface area contributed by atoms with Crippen molar-refractivity contribution >= 4 is 5.65 Å². The predicted molar refractivity (Wildman–Crippen MR) is 102 cm³/mol. The number of hydrogen-bond acceptors (Lipinski definition) is 2. The van der Waals surface area contributed by atoms with Crippen LogP contribution in [-0.2, 0) is 19.6 Å². The molecular weight excluding hydrogens is 341 g/mol. The Bertz CT molecular complexity index is 1080. The number of nitrogens with zero attached hydrogens (tertiary/aromatic N) is 3. The van der Waals surface area contributed by atoms with Gasteiger partial charge in [0, 0.05) is 23.9 Å². The van der Waals surface area contributed by atoms with Crippen LogP contribution in [0.5, 0.6) is 5.75 Å². The molecule has 2 aromatic heterocycles. The number of benzene rings is 2. The summed E-state index contributed by atoms with van der Waals surface area (Å²) < 4.78 is 23.5. The van der Waals surface area contributed by atoms with E-state index in [1.54, 1.807) is 0 Å². The van der Waals surface area contributed by atoms with Crippen LogP contribution in [0.4, 0.5) is 4.39 Å². The minimum Gasteiger partial charge on any atom is -0.486 e. The molecule has 0 atom stereocenters. The Kier molecular flexibility index (Phi) is 3.93. The topological polar surface area (TPSA) is 31.5 Å². The summed E-state index contributed by atoms with van der Waals surface area (Å²) in [5, 5.41) is 4.79. The number of hydrogen-bond donors (Lipinski definition) is 0. The van der Waals surface area contributed by atoms with E-state index in [1.165, 1.54) is 17.7 Å². The Morgan fingerprint density at radius 1 is 1.00 bits per heavy atom. The van der Waals surface area contributed by atoms with E-state index in [4.69, 9.17) is 9.84 Å². The van der Waals surface area contributed by atoms with Crippen molar-refractivity contribution in [2.75, 3.05) is 0 Å². The molecule has 4 aromatic rings. The highest BCUT2D eigenvalue weighted by atomic mass is 19.1. The van der Waals surface area contributed by atoms with Gasteiger partial charge in [-0.2, -0.15) is 0 Å². The molecule has 0 amide bonds. The highest BCUT2D eigenvalue weighted by Gasteiger charge is 2.22. The van der Waals surface area contributed by atoms with Gasteiger partial charge in [0.05, 0.1) is 0 Å². The van der Waals surface area contributed by atoms with Crippen LogP contribution in [0.25, 0.3) is 16.8 Å². The summed E-state index contributed by atoms with van der Waals surface area (Å²) in [5.74, 6) is 1.57. The van der Waals surface area contributed by atoms with Crippen molar-refractivity contribution in [3.63, 3.8) is 0 Å².